The summed E-state index contributed by atoms with van der Waals surface area (Å²) in [6, 6.07) is 4.14. The number of rotatable bonds is 1. The molecule has 0 bridgehead atoms. The van der Waals surface area contributed by atoms with Gasteiger partial charge in [-0.05, 0) is 25.3 Å². The standard InChI is InChI=1S/C12H15NO2/c1-8-2-3-9(12(13)4-5-12)11-10(8)14-6-7-15-11/h2-3H,4-7,13H2,1H3. The summed E-state index contributed by atoms with van der Waals surface area (Å²) in [6.07, 6.45) is 2.09. The number of hydrogen-bond donors (Lipinski definition) is 1. The van der Waals surface area contributed by atoms with E-state index < -0.39 is 0 Å². The molecule has 1 aromatic carbocycles. The van der Waals surface area contributed by atoms with Gasteiger partial charge in [0, 0.05) is 11.1 Å². The summed E-state index contributed by atoms with van der Waals surface area (Å²) >= 11 is 0. The smallest absolute Gasteiger partial charge is 0.166 e. The van der Waals surface area contributed by atoms with Gasteiger partial charge >= 0.3 is 0 Å². The van der Waals surface area contributed by atoms with Crippen LogP contribution in [0, 0.1) is 6.92 Å². The Kier molecular flexibility index (Phi) is 1.74. The molecule has 80 valence electrons. The van der Waals surface area contributed by atoms with Gasteiger partial charge in [0.05, 0.1) is 0 Å². The lowest BCUT2D eigenvalue weighted by Gasteiger charge is -2.24. The van der Waals surface area contributed by atoms with Gasteiger partial charge in [-0.1, -0.05) is 12.1 Å². The van der Waals surface area contributed by atoms with Crippen molar-refractivity contribution in [2.75, 3.05) is 13.2 Å². The van der Waals surface area contributed by atoms with Gasteiger partial charge in [-0.3, -0.25) is 0 Å². The maximum atomic E-state index is 6.21. The minimum Gasteiger partial charge on any atom is -0.486 e. The Morgan fingerprint density at radius 1 is 1.13 bits per heavy atom. The monoisotopic (exact) mass is 205 g/mol. The van der Waals surface area contributed by atoms with E-state index in [1.54, 1.807) is 0 Å². The van der Waals surface area contributed by atoms with Gasteiger partial charge in [0.1, 0.15) is 13.2 Å². The van der Waals surface area contributed by atoms with Crippen LogP contribution in [0.1, 0.15) is 24.0 Å². The Bertz CT molecular complexity index is 410. The highest BCUT2D eigenvalue weighted by atomic mass is 16.6. The first-order chi connectivity index (χ1) is 7.21. The predicted octanol–water partition coefficient (Wildman–Crippen LogP) is 1.71. The molecule has 1 fully saturated rings. The number of benzene rings is 1. The van der Waals surface area contributed by atoms with Gasteiger partial charge in [0.2, 0.25) is 0 Å². The summed E-state index contributed by atoms with van der Waals surface area (Å²) in [7, 11) is 0. The molecule has 15 heavy (non-hydrogen) atoms. The second-order valence-corrected chi connectivity index (χ2v) is 4.44. The molecule has 2 aliphatic rings. The highest BCUT2D eigenvalue weighted by Gasteiger charge is 2.43. The average Bonchev–Trinajstić information content (AvgIpc) is 2.98. The van der Waals surface area contributed by atoms with Crippen molar-refractivity contribution in [1.82, 2.24) is 0 Å². The van der Waals surface area contributed by atoms with Crippen molar-refractivity contribution >= 4 is 0 Å². The second kappa shape index (κ2) is 2.89. The summed E-state index contributed by atoms with van der Waals surface area (Å²) in [5.41, 5.74) is 8.29. The van der Waals surface area contributed by atoms with Crippen molar-refractivity contribution in [2.24, 2.45) is 5.73 Å². The molecule has 1 aliphatic carbocycles. The Hall–Kier alpha value is -1.22. The van der Waals surface area contributed by atoms with E-state index in [1.807, 2.05) is 6.92 Å². The Morgan fingerprint density at radius 3 is 2.47 bits per heavy atom. The van der Waals surface area contributed by atoms with Crippen LogP contribution in [0.5, 0.6) is 11.5 Å². The van der Waals surface area contributed by atoms with E-state index in [4.69, 9.17) is 15.2 Å². The number of aryl methyl sites for hydroxylation is 1. The number of hydrogen-bond acceptors (Lipinski definition) is 3. The summed E-state index contributed by atoms with van der Waals surface area (Å²) in [5, 5.41) is 0. The van der Waals surface area contributed by atoms with Crippen LogP contribution in [0.25, 0.3) is 0 Å². The van der Waals surface area contributed by atoms with Crippen LogP contribution >= 0.6 is 0 Å². The molecular formula is C12H15NO2. The lowest BCUT2D eigenvalue weighted by atomic mass is 10.0. The molecule has 1 saturated carbocycles. The topological polar surface area (TPSA) is 44.5 Å². The zero-order chi connectivity index (χ0) is 10.5. The lowest BCUT2D eigenvalue weighted by Crippen LogP contribution is -2.24. The molecule has 1 heterocycles. The van der Waals surface area contributed by atoms with E-state index in [-0.39, 0.29) is 5.54 Å². The van der Waals surface area contributed by atoms with Crippen LogP contribution in [0.4, 0.5) is 0 Å². The van der Waals surface area contributed by atoms with Gasteiger partial charge in [-0.25, -0.2) is 0 Å². The van der Waals surface area contributed by atoms with Gasteiger partial charge in [-0.2, -0.15) is 0 Å². The van der Waals surface area contributed by atoms with Crippen molar-refractivity contribution in [3.05, 3.63) is 23.3 Å². The van der Waals surface area contributed by atoms with E-state index in [9.17, 15) is 0 Å². The van der Waals surface area contributed by atoms with Crippen LogP contribution in [0.2, 0.25) is 0 Å². The molecule has 0 amide bonds. The third-order valence-electron chi connectivity index (χ3n) is 3.21. The molecule has 0 unspecified atom stereocenters. The van der Waals surface area contributed by atoms with Gasteiger partial charge < -0.3 is 15.2 Å². The van der Waals surface area contributed by atoms with Gasteiger partial charge in [-0.15, -0.1) is 0 Å². The van der Waals surface area contributed by atoms with Crippen LogP contribution in [-0.2, 0) is 5.54 Å². The van der Waals surface area contributed by atoms with Crippen molar-refractivity contribution in [3.8, 4) is 11.5 Å². The minimum absolute atomic E-state index is 0.154. The first kappa shape index (κ1) is 9.04. The van der Waals surface area contributed by atoms with Crippen molar-refractivity contribution in [1.29, 1.82) is 0 Å². The Balaban J connectivity index is 2.15. The molecule has 3 nitrogen and oxygen atoms in total. The average molecular weight is 205 g/mol. The number of ether oxygens (including phenoxy) is 2. The Morgan fingerprint density at radius 2 is 1.80 bits per heavy atom. The highest BCUT2D eigenvalue weighted by Crippen LogP contribution is 2.50. The third-order valence-corrected chi connectivity index (χ3v) is 3.21. The fourth-order valence-corrected chi connectivity index (χ4v) is 2.07. The van der Waals surface area contributed by atoms with Crippen LogP contribution in [0.3, 0.4) is 0 Å². The fourth-order valence-electron chi connectivity index (χ4n) is 2.07. The molecule has 0 saturated heterocycles. The molecular weight excluding hydrogens is 190 g/mol. The summed E-state index contributed by atoms with van der Waals surface area (Å²) in [5.74, 6) is 1.76. The zero-order valence-corrected chi connectivity index (χ0v) is 8.88. The van der Waals surface area contributed by atoms with Gasteiger partial charge in [0.25, 0.3) is 0 Å². The van der Waals surface area contributed by atoms with E-state index in [0.717, 1.165) is 35.5 Å². The summed E-state index contributed by atoms with van der Waals surface area (Å²) in [6.45, 7) is 3.29. The van der Waals surface area contributed by atoms with Crippen molar-refractivity contribution in [2.45, 2.75) is 25.3 Å². The highest BCUT2D eigenvalue weighted by molar-refractivity contribution is 5.56. The summed E-state index contributed by atoms with van der Waals surface area (Å²) < 4.78 is 11.3. The first-order valence-corrected chi connectivity index (χ1v) is 5.39. The quantitative estimate of drug-likeness (QED) is 0.759. The Labute approximate surface area is 89.2 Å². The molecule has 2 N–H and O–H groups in total. The first-order valence-electron chi connectivity index (χ1n) is 5.39. The van der Waals surface area contributed by atoms with E-state index in [2.05, 4.69) is 12.1 Å². The zero-order valence-electron chi connectivity index (χ0n) is 8.88. The molecule has 0 radical (unpaired) electrons. The molecule has 3 rings (SSSR count). The van der Waals surface area contributed by atoms with E-state index in [0.29, 0.717) is 13.2 Å². The lowest BCUT2D eigenvalue weighted by molar-refractivity contribution is 0.167. The fraction of sp³-hybridized carbons (Fsp3) is 0.500. The maximum Gasteiger partial charge on any atom is 0.166 e. The normalized spacial score (nSPS) is 21.2. The molecule has 0 spiro atoms. The SMILES string of the molecule is Cc1ccc(C2(N)CC2)c2c1OCCO2. The van der Waals surface area contributed by atoms with E-state index in [1.165, 1.54) is 0 Å². The minimum atomic E-state index is -0.154. The number of fused-ring (bicyclic) bond motifs is 1. The van der Waals surface area contributed by atoms with E-state index >= 15 is 0 Å². The maximum absolute atomic E-state index is 6.21. The largest absolute Gasteiger partial charge is 0.486 e. The predicted molar refractivity (Wildman–Crippen MR) is 57.3 cm³/mol. The number of nitrogens with two attached hydrogens (primary N) is 1. The second-order valence-electron chi connectivity index (χ2n) is 4.44. The van der Waals surface area contributed by atoms with Crippen LogP contribution < -0.4 is 15.2 Å². The van der Waals surface area contributed by atoms with Gasteiger partial charge in [0.15, 0.2) is 11.5 Å². The molecule has 1 aromatic rings. The van der Waals surface area contributed by atoms with Crippen molar-refractivity contribution in [3.63, 3.8) is 0 Å². The summed E-state index contributed by atoms with van der Waals surface area (Å²) in [4.78, 5) is 0. The van der Waals surface area contributed by atoms with Crippen LogP contribution in [0.15, 0.2) is 12.1 Å². The van der Waals surface area contributed by atoms with Crippen molar-refractivity contribution < 1.29 is 9.47 Å². The molecule has 0 atom stereocenters. The molecule has 0 aromatic heterocycles. The molecule has 1 aliphatic heterocycles. The van der Waals surface area contributed by atoms with Crippen LogP contribution in [-0.4, -0.2) is 13.2 Å². The third kappa shape index (κ3) is 1.30. The molecule has 3 heteroatoms.